The number of rotatable bonds is 7. The number of hydrogen-bond donors (Lipinski definition) is 4. The van der Waals surface area contributed by atoms with E-state index >= 15 is 0 Å². The molecular weight excluding hydrogens is 486 g/mol. The van der Waals surface area contributed by atoms with Crippen molar-refractivity contribution in [2.24, 2.45) is 5.16 Å². The van der Waals surface area contributed by atoms with Crippen LogP contribution in [0.4, 0.5) is 5.13 Å². The largest absolute Gasteiger partial charge is 0.477 e. The Morgan fingerprint density at radius 3 is 2.87 bits per heavy atom. The molecule has 0 aromatic carbocycles. The number of anilines is 1. The summed E-state index contributed by atoms with van der Waals surface area (Å²) in [5.41, 5.74) is 5.73. The molecule has 1 unspecified atom stereocenters. The Morgan fingerprint density at radius 1 is 1.45 bits per heavy atom. The fourth-order valence-electron chi connectivity index (χ4n) is 2.99. The fourth-order valence-corrected chi connectivity index (χ4v) is 6.47. The van der Waals surface area contributed by atoms with Crippen LogP contribution >= 0.6 is 46.4 Å². The number of nitrogens with one attached hydrogen (secondary N) is 1. The average Bonchev–Trinajstić information content (AvgIpc) is 3.42. The number of nitrogens with zero attached hydrogens (tertiary/aromatic N) is 5. The summed E-state index contributed by atoms with van der Waals surface area (Å²) in [5.74, 6) is -1.87. The predicted molar refractivity (Wildman–Crippen MR) is 115 cm³/mol. The minimum Gasteiger partial charge on any atom is -0.477 e. The van der Waals surface area contributed by atoms with E-state index in [4.69, 9.17) is 5.73 Å². The summed E-state index contributed by atoms with van der Waals surface area (Å²) in [4.78, 5) is 46.2. The number of β-lactam (4-membered cyclic amide) rings is 1. The Morgan fingerprint density at radius 2 is 2.26 bits per heavy atom. The molecule has 0 aliphatic carbocycles. The van der Waals surface area contributed by atoms with Crippen LogP contribution in [0.5, 0.6) is 0 Å². The molecule has 0 radical (unpaired) electrons. The maximum Gasteiger partial charge on any atom is 0.352 e. The van der Waals surface area contributed by atoms with Gasteiger partial charge in [-0.3, -0.25) is 14.5 Å². The Bertz CT molecular complexity index is 1100. The van der Waals surface area contributed by atoms with Gasteiger partial charge in [0.1, 0.15) is 29.1 Å². The number of carbonyl (C=O) groups is 3. The number of nitrogens with two attached hydrogens (primary N) is 1. The third-order valence-corrected chi connectivity index (χ3v) is 8.22. The van der Waals surface area contributed by atoms with Crippen molar-refractivity contribution >= 4 is 75.0 Å². The molecule has 0 saturated carbocycles. The van der Waals surface area contributed by atoms with Gasteiger partial charge in [0, 0.05) is 16.9 Å². The summed E-state index contributed by atoms with van der Waals surface area (Å²) in [6.45, 7) is 0. The maximum absolute atomic E-state index is 12.7. The lowest BCUT2D eigenvalue weighted by Crippen LogP contribution is -2.71. The number of aromatic nitrogens is 3. The quantitative estimate of drug-likeness (QED) is 0.135. The molecule has 162 valence electrons. The highest BCUT2D eigenvalue weighted by Gasteiger charge is 2.54. The van der Waals surface area contributed by atoms with Gasteiger partial charge < -0.3 is 21.4 Å². The van der Waals surface area contributed by atoms with Crippen LogP contribution in [0.15, 0.2) is 32.5 Å². The molecule has 0 bridgehead atoms. The van der Waals surface area contributed by atoms with E-state index < -0.39 is 29.2 Å². The van der Waals surface area contributed by atoms with Gasteiger partial charge in [-0.15, -0.1) is 23.1 Å². The van der Waals surface area contributed by atoms with Crippen LogP contribution in [-0.2, 0) is 14.4 Å². The first-order valence-corrected chi connectivity index (χ1v) is 12.1. The molecule has 12 nitrogen and oxygen atoms in total. The number of hydrogen-bond acceptors (Lipinski definition) is 13. The summed E-state index contributed by atoms with van der Waals surface area (Å²) in [7, 11) is 0. The molecular formula is C15H13N7O5S4. The highest BCUT2D eigenvalue weighted by atomic mass is 32.2. The average molecular weight is 500 g/mol. The lowest BCUT2D eigenvalue weighted by Gasteiger charge is -2.49. The van der Waals surface area contributed by atoms with Crippen molar-refractivity contribution in [1.29, 1.82) is 0 Å². The molecule has 2 aromatic heterocycles. The molecule has 16 heteroatoms. The number of thioether (sulfide) groups is 2. The van der Waals surface area contributed by atoms with Gasteiger partial charge in [-0.2, -0.15) is 4.37 Å². The summed E-state index contributed by atoms with van der Waals surface area (Å²) in [6.07, 6.45) is 1.42. The number of nitrogen functional groups attached to an aromatic ring is 1. The van der Waals surface area contributed by atoms with Crippen LogP contribution in [0.2, 0.25) is 0 Å². The van der Waals surface area contributed by atoms with Gasteiger partial charge in [0.2, 0.25) is 0 Å². The third kappa shape index (κ3) is 4.10. The number of amides is 2. The molecule has 2 aliphatic heterocycles. The number of carboxylic acids is 1. The van der Waals surface area contributed by atoms with Crippen molar-refractivity contribution in [3.05, 3.63) is 28.7 Å². The molecule has 1 saturated heterocycles. The second-order valence-corrected chi connectivity index (χ2v) is 10.1. The van der Waals surface area contributed by atoms with Crippen molar-refractivity contribution in [1.82, 2.24) is 24.6 Å². The predicted octanol–water partition coefficient (Wildman–Crippen LogP) is 0.286. The standard InChI is InChI=1S/C15H13N7O5S4/c16-14-19-6(3-29-14)7(21-27)10(23)20-8-11(24)22-9(13(25)26)5(1-28-12(8)22)2-30-15-17-4-18-31-15/h3-4,8,12,27H,1-2H2,(H2,16,19)(H,20,23)(H,25,26)/t8?,12-/m1/s1. The molecule has 2 aliphatic rings. The van der Waals surface area contributed by atoms with Crippen molar-refractivity contribution in [3.63, 3.8) is 0 Å². The first-order valence-electron chi connectivity index (χ1n) is 8.44. The van der Waals surface area contributed by atoms with E-state index in [-0.39, 0.29) is 22.2 Å². The minimum absolute atomic E-state index is 0.0736. The van der Waals surface area contributed by atoms with Crippen molar-refractivity contribution in [2.75, 3.05) is 17.2 Å². The smallest absolute Gasteiger partial charge is 0.352 e. The van der Waals surface area contributed by atoms with Gasteiger partial charge >= 0.3 is 5.97 Å². The molecule has 5 N–H and O–H groups in total. The van der Waals surface area contributed by atoms with E-state index in [2.05, 4.69) is 24.8 Å². The van der Waals surface area contributed by atoms with Gasteiger partial charge in [-0.1, -0.05) is 16.9 Å². The number of oxime groups is 1. The number of carboxylic acid groups (broad SMARTS) is 1. The second kappa shape index (κ2) is 8.81. The van der Waals surface area contributed by atoms with Gasteiger partial charge in [0.25, 0.3) is 11.8 Å². The van der Waals surface area contributed by atoms with E-state index in [9.17, 15) is 24.7 Å². The van der Waals surface area contributed by atoms with Gasteiger partial charge in [0.05, 0.1) is 0 Å². The molecule has 4 heterocycles. The van der Waals surface area contributed by atoms with E-state index in [1.807, 2.05) is 0 Å². The molecule has 4 rings (SSSR count). The van der Waals surface area contributed by atoms with Gasteiger partial charge in [-0.25, -0.2) is 14.8 Å². The van der Waals surface area contributed by atoms with Gasteiger partial charge in [-0.05, 0) is 17.1 Å². The first-order chi connectivity index (χ1) is 14.9. The lowest BCUT2D eigenvalue weighted by atomic mass is 10.0. The van der Waals surface area contributed by atoms with E-state index in [0.717, 1.165) is 11.3 Å². The zero-order chi connectivity index (χ0) is 22.1. The Balaban J connectivity index is 1.48. The molecule has 2 atom stereocenters. The zero-order valence-electron chi connectivity index (χ0n) is 15.3. The van der Waals surface area contributed by atoms with Crippen LogP contribution < -0.4 is 11.1 Å². The topological polar surface area (TPSA) is 184 Å². The number of fused-ring (bicyclic) bond motifs is 1. The zero-order valence-corrected chi connectivity index (χ0v) is 18.6. The summed E-state index contributed by atoms with van der Waals surface area (Å²) < 4.78 is 4.60. The molecule has 2 aromatic rings. The van der Waals surface area contributed by atoms with Crippen molar-refractivity contribution in [3.8, 4) is 0 Å². The van der Waals surface area contributed by atoms with Crippen LogP contribution in [0, 0.1) is 0 Å². The Kier molecular flexibility index (Phi) is 6.12. The Hall–Kier alpha value is -2.69. The lowest BCUT2D eigenvalue weighted by molar-refractivity contribution is -0.150. The summed E-state index contributed by atoms with van der Waals surface area (Å²) in [6, 6.07) is -0.961. The van der Waals surface area contributed by atoms with E-state index in [1.54, 1.807) is 0 Å². The molecule has 2 amide bonds. The number of thiazole rings is 1. The number of carbonyl (C=O) groups excluding carboxylic acids is 2. The van der Waals surface area contributed by atoms with Crippen LogP contribution in [0.25, 0.3) is 0 Å². The summed E-state index contributed by atoms with van der Waals surface area (Å²) >= 11 is 4.95. The van der Waals surface area contributed by atoms with E-state index in [0.29, 0.717) is 21.4 Å². The highest BCUT2D eigenvalue weighted by Crippen LogP contribution is 2.41. The molecule has 0 spiro atoms. The monoisotopic (exact) mass is 499 g/mol. The Labute approximate surface area is 190 Å². The normalized spacial score (nSPS) is 21.0. The molecule has 1 fully saturated rings. The first kappa shape index (κ1) is 21.5. The van der Waals surface area contributed by atoms with Crippen molar-refractivity contribution < 1.29 is 24.7 Å². The van der Waals surface area contributed by atoms with Crippen LogP contribution in [0.3, 0.4) is 0 Å². The van der Waals surface area contributed by atoms with Gasteiger partial charge in [0.15, 0.2) is 15.2 Å². The summed E-state index contributed by atoms with van der Waals surface area (Å²) in [5, 5.41) is 25.4. The van der Waals surface area contributed by atoms with Crippen LogP contribution in [0.1, 0.15) is 5.69 Å². The SMILES string of the molecule is Nc1nc(C(=NO)C(=O)NC2C(=O)N3C(C(=O)O)=C(CSc4ncns4)CS[C@H]23)cs1. The maximum atomic E-state index is 12.7. The number of aliphatic carboxylic acids is 1. The molecule has 31 heavy (non-hydrogen) atoms. The van der Waals surface area contributed by atoms with Crippen LogP contribution in [-0.4, -0.2) is 76.0 Å². The fraction of sp³-hybridized carbons (Fsp3) is 0.267. The second-order valence-electron chi connectivity index (χ2n) is 6.13. The minimum atomic E-state index is -1.22. The van der Waals surface area contributed by atoms with Crippen molar-refractivity contribution in [2.45, 2.75) is 15.8 Å². The van der Waals surface area contributed by atoms with E-state index in [1.165, 1.54) is 51.7 Å². The highest BCUT2D eigenvalue weighted by molar-refractivity contribution is 8.01. The third-order valence-electron chi connectivity index (χ3n) is 4.33.